The second-order valence-corrected chi connectivity index (χ2v) is 5.17. The number of ether oxygens (including phenoxy) is 1. The van der Waals surface area contributed by atoms with Crippen LogP contribution in [0.4, 0.5) is 0 Å². The molecule has 2 saturated heterocycles. The normalized spacial score (nSPS) is 28.9. The average Bonchev–Trinajstić information content (AvgIpc) is 2.72. The first-order valence-electron chi connectivity index (χ1n) is 6.15. The molecule has 0 aliphatic carbocycles. The standard InChI is InChI=1S/C12H17NO5/c1-6(2)7(12(16)17)5-13-10(14)8-3-4-9(18-8)11(13)15/h6-9H,3-5H2,1-2H3,(H,16,17). The number of rotatable bonds is 4. The number of carboxylic acid groups (broad SMARTS) is 1. The van der Waals surface area contributed by atoms with Gasteiger partial charge in [0.2, 0.25) is 0 Å². The summed E-state index contributed by atoms with van der Waals surface area (Å²) < 4.78 is 5.27. The summed E-state index contributed by atoms with van der Waals surface area (Å²) in [5, 5.41) is 9.11. The lowest BCUT2D eigenvalue weighted by Crippen LogP contribution is -2.54. The molecular formula is C12H17NO5. The van der Waals surface area contributed by atoms with E-state index in [1.165, 1.54) is 0 Å². The molecule has 0 aromatic rings. The molecule has 6 nitrogen and oxygen atoms in total. The molecule has 2 amide bonds. The van der Waals surface area contributed by atoms with E-state index in [1.807, 2.05) is 0 Å². The molecule has 2 rings (SSSR count). The highest BCUT2D eigenvalue weighted by Crippen LogP contribution is 2.29. The Balaban J connectivity index is 2.14. The third-order valence-corrected chi connectivity index (χ3v) is 3.60. The van der Waals surface area contributed by atoms with Crippen molar-refractivity contribution >= 4 is 17.8 Å². The SMILES string of the molecule is CC(C)C(CN1C(=O)C2CCC(O2)C1=O)C(=O)O. The Labute approximate surface area is 105 Å². The lowest BCUT2D eigenvalue weighted by molar-refractivity contribution is -0.170. The van der Waals surface area contributed by atoms with Crippen molar-refractivity contribution in [2.75, 3.05) is 6.54 Å². The van der Waals surface area contributed by atoms with Crippen LogP contribution in [0, 0.1) is 11.8 Å². The smallest absolute Gasteiger partial charge is 0.308 e. The number of carbonyl (C=O) groups excluding carboxylic acids is 2. The van der Waals surface area contributed by atoms with Crippen LogP contribution in [0.15, 0.2) is 0 Å². The number of aliphatic carboxylic acids is 1. The Bertz CT molecular complexity index is 370. The third kappa shape index (κ3) is 2.12. The molecule has 100 valence electrons. The predicted octanol–water partition coefficient (Wildman–Crippen LogP) is 0.260. The molecule has 0 radical (unpaired) electrons. The van der Waals surface area contributed by atoms with E-state index in [-0.39, 0.29) is 24.3 Å². The zero-order valence-corrected chi connectivity index (χ0v) is 10.5. The van der Waals surface area contributed by atoms with E-state index in [0.717, 1.165) is 4.90 Å². The Morgan fingerprint density at radius 2 is 1.83 bits per heavy atom. The Kier molecular flexibility index (Phi) is 3.38. The van der Waals surface area contributed by atoms with E-state index in [0.29, 0.717) is 12.8 Å². The minimum Gasteiger partial charge on any atom is -0.481 e. The second-order valence-electron chi connectivity index (χ2n) is 5.17. The maximum absolute atomic E-state index is 12.0. The first kappa shape index (κ1) is 13.0. The fourth-order valence-electron chi connectivity index (χ4n) is 2.41. The molecule has 3 atom stereocenters. The van der Waals surface area contributed by atoms with Crippen molar-refractivity contribution in [3.8, 4) is 0 Å². The van der Waals surface area contributed by atoms with Crippen LogP contribution in [0.2, 0.25) is 0 Å². The molecule has 0 spiro atoms. The topological polar surface area (TPSA) is 83.9 Å². The quantitative estimate of drug-likeness (QED) is 0.728. The van der Waals surface area contributed by atoms with Crippen LogP contribution >= 0.6 is 0 Å². The molecule has 0 saturated carbocycles. The first-order valence-corrected chi connectivity index (χ1v) is 6.15. The Morgan fingerprint density at radius 3 is 2.22 bits per heavy atom. The highest BCUT2D eigenvalue weighted by Gasteiger charge is 2.47. The van der Waals surface area contributed by atoms with Crippen LogP contribution in [0.3, 0.4) is 0 Å². The zero-order chi connectivity index (χ0) is 13.4. The molecule has 2 heterocycles. The van der Waals surface area contributed by atoms with Gasteiger partial charge in [-0.05, 0) is 18.8 Å². The van der Waals surface area contributed by atoms with Gasteiger partial charge in [-0.15, -0.1) is 0 Å². The predicted molar refractivity (Wildman–Crippen MR) is 60.6 cm³/mol. The van der Waals surface area contributed by atoms with Gasteiger partial charge < -0.3 is 9.84 Å². The molecule has 2 fully saturated rings. The van der Waals surface area contributed by atoms with Gasteiger partial charge in [-0.25, -0.2) is 0 Å². The van der Waals surface area contributed by atoms with Crippen LogP contribution in [0.25, 0.3) is 0 Å². The number of likely N-dealkylation sites (tertiary alicyclic amines) is 1. The summed E-state index contributed by atoms with van der Waals surface area (Å²) in [6.45, 7) is 3.48. The van der Waals surface area contributed by atoms with E-state index < -0.39 is 24.1 Å². The summed E-state index contributed by atoms with van der Waals surface area (Å²) in [5.41, 5.74) is 0. The van der Waals surface area contributed by atoms with Crippen molar-refractivity contribution in [2.24, 2.45) is 11.8 Å². The van der Waals surface area contributed by atoms with Crippen LogP contribution < -0.4 is 0 Å². The van der Waals surface area contributed by atoms with E-state index in [4.69, 9.17) is 9.84 Å². The molecule has 0 aromatic heterocycles. The minimum atomic E-state index is -0.982. The Hall–Kier alpha value is -1.43. The summed E-state index contributed by atoms with van der Waals surface area (Å²) in [4.78, 5) is 36.1. The maximum atomic E-state index is 12.0. The van der Waals surface area contributed by atoms with Gasteiger partial charge >= 0.3 is 5.97 Å². The van der Waals surface area contributed by atoms with E-state index >= 15 is 0 Å². The van der Waals surface area contributed by atoms with Crippen molar-refractivity contribution in [3.63, 3.8) is 0 Å². The molecule has 18 heavy (non-hydrogen) atoms. The van der Waals surface area contributed by atoms with Gasteiger partial charge in [-0.3, -0.25) is 19.3 Å². The van der Waals surface area contributed by atoms with Crippen molar-refractivity contribution in [2.45, 2.75) is 38.9 Å². The summed E-state index contributed by atoms with van der Waals surface area (Å²) in [6.07, 6.45) is -0.0281. The highest BCUT2D eigenvalue weighted by molar-refractivity contribution is 6.02. The van der Waals surface area contributed by atoms with E-state index in [9.17, 15) is 14.4 Å². The number of morpholine rings is 1. The fraction of sp³-hybridized carbons (Fsp3) is 0.750. The fourth-order valence-corrected chi connectivity index (χ4v) is 2.41. The molecule has 2 bridgehead atoms. The average molecular weight is 255 g/mol. The summed E-state index contributed by atoms with van der Waals surface area (Å²) in [7, 11) is 0. The highest BCUT2D eigenvalue weighted by atomic mass is 16.5. The van der Waals surface area contributed by atoms with Crippen molar-refractivity contribution in [3.05, 3.63) is 0 Å². The molecular weight excluding hydrogens is 238 g/mol. The summed E-state index contributed by atoms with van der Waals surface area (Å²) >= 11 is 0. The van der Waals surface area contributed by atoms with Crippen LogP contribution in [-0.2, 0) is 19.1 Å². The molecule has 3 unspecified atom stereocenters. The minimum absolute atomic E-state index is 0.0545. The second kappa shape index (κ2) is 4.68. The maximum Gasteiger partial charge on any atom is 0.308 e. The van der Waals surface area contributed by atoms with Crippen molar-refractivity contribution in [1.82, 2.24) is 4.90 Å². The number of carboxylic acids is 1. The lowest BCUT2D eigenvalue weighted by Gasteiger charge is -2.32. The Morgan fingerprint density at radius 1 is 1.33 bits per heavy atom. The van der Waals surface area contributed by atoms with Gasteiger partial charge in [0.1, 0.15) is 12.2 Å². The molecule has 1 N–H and O–H groups in total. The number of fused-ring (bicyclic) bond motifs is 2. The van der Waals surface area contributed by atoms with Crippen LogP contribution in [0.1, 0.15) is 26.7 Å². The zero-order valence-electron chi connectivity index (χ0n) is 10.5. The molecule has 2 aliphatic heterocycles. The number of imide groups is 1. The number of hydrogen-bond acceptors (Lipinski definition) is 4. The summed E-state index contributed by atoms with van der Waals surface area (Å²) in [5.74, 6) is -2.62. The lowest BCUT2D eigenvalue weighted by atomic mass is 9.95. The van der Waals surface area contributed by atoms with E-state index in [1.54, 1.807) is 13.8 Å². The molecule has 2 aliphatic rings. The van der Waals surface area contributed by atoms with Gasteiger partial charge in [-0.1, -0.05) is 13.8 Å². The monoisotopic (exact) mass is 255 g/mol. The van der Waals surface area contributed by atoms with Crippen molar-refractivity contribution < 1.29 is 24.2 Å². The van der Waals surface area contributed by atoms with Gasteiger partial charge in [0, 0.05) is 6.54 Å². The van der Waals surface area contributed by atoms with Gasteiger partial charge in [-0.2, -0.15) is 0 Å². The largest absolute Gasteiger partial charge is 0.481 e. The van der Waals surface area contributed by atoms with Crippen molar-refractivity contribution in [1.29, 1.82) is 0 Å². The number of nitrogens with zero attached hydrogens (tertiary/aromatic N) is 1. The first-order chi connectivity index (χ1) is 8.41. The summed E-state index contributed by atoms with van der Waals surface area (Å²) in [6, 6.07) is 0. The number of hydrogen-bond donors (Lipinski definition) is 1. The molecule has 6 heteroatoms. The van der Waals surface area contributed by atoms with Gasteiger partial charge in [0.25, 0.3) is 11.8 Å². The number of amides is 2. The van der Waals surface area contributed by atoms with Crippen LogP contribution in [0.5, 0.6) is 0 Å². The van der Waals surface area contributed by atoms with E-state index in [2.05, 4.69) is 0 Å². The van der Waals surface area contributed by atoms with Gasteiger partial charge in [0.15, 0.2) is 0 Å². The van der Waals surface area contributed by atoms with Crippen LogP contribution in [-0.4, -0.2) is 46.5 Å². The third-order valence-electron chi connectivity index (χ3n) is 3.60. The molecule has 0 aromatic carbocycles. The number of carbonyl (C=O) groups is 3. The van der Waals surface area contributed by atoms with Gasteiger partial charge in [0.05, 0.1) is 5.92 Å².